The van der Waals surface area contributed by atoms with Crippen molar-refractivity contribution >= 4 is 0 Å². The third-order valence-corrected chi connectivity index (χ3v) is 3.40. The smallest absolute Gasteiger partial charge is 0.0472 e. The van der Waals surface area contributed by atoms with Gasteiger partial charge in [0, 0.05) is 19.8 Å². The lowest BCUT2D eigenvalue weighted by molar-refractivity contribution is 0.127. The van der Waals surface area contributed by atoms with Gasteiger partial charge >= 0.3 is 0 Å². The second kappa shape index (κ2) is 9.99. The van der Waals surface area contributed by atoms with E-state index < -0.39 is 0 Å². The van der Waals surface area contributed by atoms with Crippen LogP contribution in [0.15, 0.2) is 24.3 Å². The first-order valence-corrected chi connectivity index (χ1v) is 7.63. The Morgan fingerprint density at radius 1 is 1.11 bits per heavy atom. The van der Waals surface area contributed by atoms with E-state index in [4.69, 9.17) is 4.74 Å². The van der Waals surface area contributed by atoms with Gasteiger partial charge in [-0.25, -0.2) is 0 Å². The van der Waals surface area contributed by atoms with Gasteiger partial charge in [0.1, 0.15) is 0 Å². The van der Waals surface area contributed by atoms with Crippen molar-refractivity contribution in [1.29, 1.82) is 0 Å². The number of nitrogens with one attached hydrogen (secondary N) is 1. The van der Waals surface area contributed by atoms with Crippen LogP contribution >= 0.6 is 0 Å². The van der Waals surface area contributed by atoms with Gasteiger partial charge in [-0.15, -0.1) is 0 Å². The van der Waals surface area contributed by atoms with Crippen molar-refractivity contribution in [2.24, 2.45) is 0 Å². The summed E-state index contributed by atoms with van der Waals surface area (Å²) in [4.78, 5) is 0. The predicted octanol–water partition coefficient (Wildman–Crippen LogP) is 3.89. The summed E-state index contributed by atoms with van der Waals surface area (Å²) >= 11 is 0. The average Bonchev–Trinajstić information content (AvgIpc) is 2.42. The SMILES string of the molecule is CCCNCC(CCOCCC)c1ccccc1C. The van der Waals surface area contributed by atoms with Gasteiger partial charge in [0.25, 0.3) is 0 Å². The Hall–Kier alpha value is -0.860. The highest BCUT2D eigenvalue weighted by molar-refractivity contribution is 5.29. The van der Waals surface area contributed by atoms with E-state index in [-0.39, 0.29) is 0 Å². The second-order valence-electron chi connectivity index (χ2n) is 5.16. The van der Waals surface area contributed by atoms with E-state index in [9.17, 15) is 0 Å². The fourth-order valence-corrected chi connectivity index (χ4v) is 2.34. The van der Waals surface area contributed by atoms with Crippen LogP contribution in [0.25, 0.3) is 0 Å². The summed E-state index contributed by atoms with van der Waals surface area (Å²) in [6, 6.07) is 8.72. The van der Waals surface area contributed by atoms with Gasteiger partial charge in [0.05, 0.1) is 0 Å². The number of hydrogen-bond donors (Lipinski definition) is 1. The number of rotatable bonds is 10. The van der Waals surface area contributed by atoms with Crippen LogP contribution in [0.2, 0.25) is 0 Å². The van der Waals surface area contributed by atoms with Crippen LogP contribution in [-0.2, 0) is 4.74 Å². The number of hydrogen-bond acceptors (Lipinski definition) is 2. The predicted molar refractivity (Wildman–Crippen MR) is 82.8 cm³/mol. The van der Waals surface area contributed by atoms with Gasteiger partial charge in [0.2, 0.25) is 0 Å². The molecule has 1 rings (SSSR count). The van der Waals surface area contributed by atoms with E-state index in [0.717, 1.165) is 39.1 Å². The molecule has 1 N–H and O–H groups in total. The van der Waals surface area contributed by atoms with Gasteiger partial charge in [-0.2, -0.15) is 0 Å². The van der Waals surface area contributed by atoms with Crippen LogP contribution in [-0.4, -0.2) is 26.3 Å². The molecule has 0 fully saturated rings. The van der Waals surface area contributed by atoms with Crippen molar-refractivity contribution in [3.63, 3.8) is 0 Å². The number of ether oxygens (including phenoxy) is 1. The maximum Gasteiger partial charge on any atom is 0.0472 e. The minimum atomic E-state index is 0.560. The lowest BCUT2D eigenvalue weighted by Gasteiger charge is -2.20. The van der Waals surface area contributed by atoms with Crippen LogP contribution in [0.4, 0.5) is 0 Å². The molecule has 2 heteroatoms. The molecule has 0 bridgehead atoms. The average molecular weight is 263 g/mol. The van der Waals surface area contributed by atoms with Crippen molar-refractivity contribution in [3.05, 3.63) is 35.4 Å². The Morgan fingerprint density at radius 3 is 2.58 bits per heavy atom. The standard InChI is InChI=1S/C17H29NO/c1-4-11-18-14-16(10-13-19-12-5-2)17-9-7-6-8-15(17)3/h6-9,16,18H,4-5,10-14H2,1-3H3. The topological polar surface area (TPSA) is 21.3 Å². The Morgan fingerprint density at radius 2 is 1.89 bits per heavy atom. The van der Waals surface area contributed by atoms with Gasteiger partial charge in [0.15, 0.2) is 0 Å². The van der Waals surface area contributed by atoms with Crippen LogP contribution in [0.3, 0.4) is 0 Å². The zero-order valence-electron chi connectivity index (χ0n) is 12.7. The van der Waals surface area contributed by atoms with Crippen LogP contribution in [0.5, 0.6) is 0 Å². The summed E-state index contributed by atoms with van der Waals surface area (Å²) in [5, 5.41) is 3.55. The minimum absolute atomic E-state index is 0.560. The van der Waals surface area contributed by atoms with Crippen LogP contribution in [0, 0.1) is 6.92 Å². The molecule has 1 aromatic rings. The Balaban J connectivity index is 2.55. The highest BCUT2D eigenvalue weighted by Crippen LogP contribution is 2.22. The molecule has 0 aliphatic heterocycles. The molecular weight excluding hydrogens is 234 g/mol. The highest BCUT2D eigenvalue weighted by atomic mass is 16.5. The maximum absolute atomic E-state index is 5.65. The molecule has 19 heavy (non-hydrogen) atoms. The lowest BCUT2D eigenvalue weighted by Crippen LogP contribution is -2.24. The fourth-order valence-electron chi connectivity index (χ4n) is 2.34. The van der Waals surface area contributed by atoms with E-state index in [1.165, 1.54) is 17.5 Å². The third-order valence-electron chi connectivity index (χ3n) is 3.40. The molecule has 1 atom stereocenters. The monoisotopic (exact) mass is 263 g/mol. The second-order valence-corrected chi connectivity index (χ2v) is 5.16. The van der Waals surface area contributed by atoms with Gasteiger partial charge in [-0.05, 0) is 49.8 Å². The van der Waals surface area contributed by atoms with Gasteiger partial charge in [-0.3, -0.25) is 0 Å². The molecule has 0 amide bonds. The summed E-state index contributed by atoms with van der Waals surface area (Å²) in [7, 11) is 0. The molecule has 0 saturated heterocycles. The van der Waals surface area contributed by atoms with Gasteiger partial charge < -0.3 is 10.1 Å². The summed E-state index contributed by atoms with van der Waals surface area (Å²) in [5.41, 5.74) is 2.85. The molecule has 0 saturated carbocycles. The molecule has 0 spiro atoms. The molecule has 0 heterocycles. The molecule has 0 aliphatic rings. The van der Waals surface area contributed by atoms with Crippen LogP contribution < -0.4 is 5.32 Å². The van der Waals surface area contributed by atoms with Gasteiger partial charge in [-0.1, -0.05) is 38.1 Å². The fraction of sp³-hybridized carbons (Fsp3) is 0.647. The first-order valence-electron chi connectivity index (χ1n) is 7.63. The largest absolute Gasteiger partial charge is 0.381 e. The minimum Gasteiger partial charge on any atom is -0.381 e. The van der Waals surface area contributed by atoms with E-state index in [1.54, 1.807) is 0 Å². The zero-order valence-corrected chi connectivity index (χ0v) is 12.7. The maximum atomic E-state index is 5.65. The first-order chi connectivity index (χ1) is 9.29. The Labute approximate surface area is 118 Å². The molecule has 2 nitrogen and oxygen atoms in total. The molecule has 0 aliphatic carbocycles. The third kappa shape index (κ3) is 6.22. The summed E-state index contributed by atoms with van der Waals surface area (Å²) in [6.45, 7) is 10.5. The van der Waals surface area contributed by atoms with Crippen molar-refractivity contribution in [2.75, 3.05) is 26.3 Å². The highest BCUT2D eigenvalue weighted by Gasteiger charge is 2.13. The number of aryl methyl sites for hydroxylation is 1. The molecule has 0 radical (unpaired) electrons. The van der Waals surface area contributed by atoms with Crippen molar-refractivity contribution in [1.82, 2.24) is 5.32 Å². The van der Waals surface area contributed by atoms with E-state index in [2.05, 4.69) is 50.4 Å². The molecule has 1 aromatic carbocycles. The Kier molecular flexibility index (Phi) is 8.52. The summed E-state index contributed by atoms with van der Waals surface area (Å²) < 4.78 is 5.65. The molecule has 0 aromatic heterocycles. The van der Waals surface area contributed by atoms with E-state index in [1.807, 2.05) is 0 Å². The van der Waals surface area contributed by atoms with E-state index in [0.29, 0.717) is 5.92 Å². The quantitative estimate of drug-likeness (QED) is 0.647. The molecule has 1 unspecified atom stereocenters. The molecular formula is C17H29NO. The normalized spacial score (nSPS) is 12.6. The van der Waals surface area contributed by atoms with Crippen LogP contribution in [0.1, 0.15) is 50.2 Å². The summed E-state index contributed by atoms with van der Waals surface area (Å²) in [6.07, 6.45) is 3.39. The van der Waals surface area contributed by atoms with Crippen molar-refractivity contribution in [3.8, 4) is 0 Å². The van der Waals surface area contributed by atoms with E-state index >= 15 is 0 Å². The Bertz CT molecular complexity index is 338. The summed E-state index contributed by atoms with van der Waals surface area (Å²) in [5.74, 6) is 0.560. The lowest BCUT2D eigenvalue weighted by atomic mass is 9.92. The van der Waals surface area contributed by atoms with Crippen molar-refractivity contribution in [2.45, 2.75) is 46.0 Å². The molecule has 108 valence electrons. The first kappa shape index (κ1) is 16.2. The number of benzene rings is 1. The van der Waals surface area contributed by atoms with Crippen molar-refractivity contribution < 1.29 is 4.74 Å². The zero-order chi connectivity index (χ0) is 13.9.